The summed E-state index contributed by atoms with van der Waals surface area (Å²) in [6.45, 7) is 6.30. The number of ketones is 1. The van der Waals surface area contributed by atoms with Crippen LogP contribution >= 0.6 is 0 Å². The van der Waals surface area contributed by atoms with Gasteiger partial charge < -0.3 is 19.3 Å². The Hall–Kier alpha value is -0.980. The number of Topliss-reactive ketones (excluding diaryl/α,β-unsaturated/α-hetero) is 1. The molecule has 5 rings (SSSR count). The molecular formula is C21H30O6. The Balaban J connectivity index is 1.73. The Bertz CT molecular complexity index is 703. The average molecular weight is 378 g/mol. The number of fused-ring (bicyclic) bond motifs is 1. The summed E-state index contributed by atoms with van der Waals surface area (Å²) in [6, 6.07) is 0. The molecule has 0 radical (unpaired) electrons. The third kappa shape index (κ3) is 1.83. The van der Waals surface area contributed by atoms with E-state index in [9.17, 15) is 14.7 Å². The molecule has 2 heterocycles. The lowest BCUT2D eigenvalue weighted by molar-refractivity contribution is -0.268. The lowest BCUT2D eigenvalue weighted by atomic mass is 9.43. The van der Waals surface area contributed by atoms with E-state index in [1.165, 1.54) is 0 Å². The van der Waals surface area contributed by atoms with E-state index in [0.717, 1.165) is 19.3 Å². The second-order valence-electron chi connectivity index (χ2n) is 10.2. The molecule has 3 aliphatic carbocycles. The Morgan fingerprint density at radius 2 is 1.93 bits per heavy atom. The maximum absolute atomic E-state index is 13.4. The maximum atomic E-state index is 13.4. The zero-order valence-corrected chi connectivity index (χ0v) is 16.6. The summed E-state index contributed by atoms with van der Waals surface area (Å²) < 4.78 is 17.6. The highest BCUT2D eigenvalue weighted by molar-refractivity contribution is 6.07. The first kappa shape index (κ1) is 18.1. The van der Waals surface area contributed by atoms with Gasteiger partial charge in [0.05, 0.1) is 5.41 Å². The van der Waals surface area contributed by atoms with Crippen molar-refractivity contribution >= 4 is 11.8 Å². The summed E-state index contributed by atoms with van der Waals surface area (Å²) in [5.74, 6) is -0.592. The smallest absolute Gasteiger partial charge is 0.320 e. The van der Waals surface area contributed by atoms with Crippen LogP contribution in [-0.4, -0.2) is 42.7 Å². The van der Waals surface area contributed by atoms with Crippen molar-refractivity contribution in [3.8, 4) is 0 Å². The number of aliphatic hydroxyl groups is 1. The van der Waals surface area contributed by atoms with E-state index in [-0.39, 0.29) is 40.8 Å². The van der Waals surface area contributed by atoms with Crippen LogP contribution in [0.25, 0.3) is 0 Å². The molecule has 9 unspecified atom stereocenters. The fraction of sp³-hybridized carbons (Fsp3) is 0.905. The topological polar surface area (TPSA) is 82.1 Å². The molecule has 6 heteroatoms. The molecule has 5 fully saturated rings. The van der Waals surface area contributed by atoms with Crippen LogP contribution in [0.3, 0.4) is 0 Å². The summed E-state index contributed by atoms with van der Waals surface area (Å²) in [5.41, 5.74) is -2.04. The normalized spacial score (nSPS) is 55.5. The van der Waals surface area contributed by atoms with Crippen LogP contribution in [0.4, 0.5) is 0 Å². The predicted octanol–water partition coefficient (Wildman–Crippen LogP) is 2.28. The van der Waals surface area contributed by atoms with Crippen molar-refractivity contribution in [2.75, 3.05) is 7.11 Å². The number of ether oxygens (including phenoxy) is 3. The van der Waals surface area contributed by atoms with Gasteiger partial charge in [0.2, 0.25) is 0 Å². The first-order valence-corrected chi connectivity index (χ1v) is 10.3. The van der Waals surface area contributed by atoms with Crippen LogP contribution in [-0.2, 0) is 23.8 Å². The van der Waals surface area contributed by atoms with Gasteiger partial charge in [0.25, 0.3) is 0 Å². The molecule has 27 heavy (non-hydrogen) atoms. The molecule has 2 saturated heterocycles. The molecule has 2 spiro atoms. The molecule has 1 N–H and O–H groups in total. The summed E-state index contributed by atoms with van der Waals surface area (Å²) in [6.07, 6.45) is 1.71. The Morgan fingerprint density at radius 3 is 2.63 bits per heavy atom. The van der Waals surface area contributed by atoms with Crippen LogP contribution in [0.15, 0.2) is 0 Å². The standard InChI is InChI=1S/C21H30O6/c1-10-11-5-6-12-20(9-11,15(10)22)17(23)26-13-7-8-19(2,3)14-16(25-4)27-18(24)21(12,13)14/h10-14,16,18,24H,5-9H2,1-4H3. The fourth-order valence-electron chi connectivity index (χ4n) is 7.83. The van der Waals surface area contributed by atoms with Gasteiger partial charge in [-0.1, -0.05) is 20.8 Å². The van der Waals surface area contributed by atoms with Gasteiger partial charge in [-0.25, -0.2) is 0 Å². The monoisotopic (exact) mass is 378 g/mol. The number of methoxy groups -OCH3 is 1. The van der Waals surface area contributed by atoms with Crippen molar-refractivity contribution in [3.05, 3.63) is 0 Å². The molecule has 0 amide bonds. The molecular weight excluding hydrogens is 348 g/mol. The summed E-state index contributed by atoms with van der Waals surface area (Å²) in [5, 5.41) is 11.2. The summed E-state index contributed by atoms with van der Waals surface area (Å²) in [7, 11) is 1.60. The van der Waals surface area contributed by atoms with E-state index < -0.39 is 29.5 Å². The zero-order chi connectivity index (χ0) is 19.4. The van der Waals surface area contributed by atoms with Gasteiger partial charge in [-0.15, -0.1) is 0 Å². The van der Waals surface area contributed by atoms with Crippen LogP contribution in [0.2, 0.25) is 0 Å². The minimum atomic E-state index is -1.11. The number of hydrogen-bond acceptors (Lipinski definition) is 6. The van der Waals surface area contributed by atoms with Gasteiger partial charge in [0.15, 0.2) is 18.4 Å². The van der Waals surface area contributed by atoms with E-state index in [1.54, 1.807) is 7.11 Å². The molecule has 150 valence electrons. The van der Waals surface area contributed by atoms with Crippen LogP contribution < -0.4 is 0 Å². The molecule has 6 nitrogen and oxygen atoms in total. The van der Waals surface area contributed by atoms with Gasteiger partial charge in [0, 0.05) is 18.9 Å². The molecule has 0 aromatic carbocycles. The van der Waals surface area contributed by atoms with Gasteiger partial charge in [-0.3, -0.25) is 9.59 Å². The Morgan fingerprint density at radius 1 is 1.19 bits per heavy atom. The SMILES string of the molecule is COC1OC(O)C23C(CCC(C)(C)C12)OC(=O)C12CC(CCC13)C(C)C2=O. The number of hydrogen-bond donors (Lipinski definition) is 1. The quantitative estimate of drug-likeness (QED) is 0.557. The van der Waals surface area contributed by atoms with Gasteiger partial charge in [-0.2, -0.15) is 0 Å². The van der Waals surface area contributed by atoms with Gasteiger partial charge in [0.1, 0.15) is 11.5 Å². The lowest BCUT2D eigenvalue weighted by Gasteiger charge is -2.62. The van der Waals surface area contributed by atoms with Crippen molar-refractivity contribution in [1.29, 1.82) is 0 Å². The fourth-order valence-corrected chi connectivity index (χ4v) is 7.83. The van der Waals surface area contributed by atoms with Crippen LogP contribution in [0.1, 0.15) is 52.9 Å². The minimum absolute atomic E-state index is 0.0167. The van der Waals surface area contributed by atoms with Crippen molar-refractivity contribution < 1.29 is 28.9 Å². The number of aliphatic hydroxyl groups excluding tert-OH is 1. The second kappa shape index (κ2) is 5.33. The van der Waals surface area contributed by atoms with Crippen LogP contribution in [0.5, 0.6) is 0 Å². The first-order chi connectivity index (χ1) is 12.7. The summed E-state index contributed by atoms with van der Waals surface area (Å²) in [4.78, 5) is 26.6. The highest BCUT2D eigenvalue weighted by atomic mass is 16.7. The van der Waals surface area contributed by atoms with Crippen molar-refractivity contribution in [1.82, 2.24) is 0 Å². The Kier molecular flexibility index (Phi) is 3.57. The predicted molar refractivity (Wildman–Crippen MR) is 94.1 cm³/mol. The van der Waals surface area contributed by atoms with E-state index >= 15 is 0 Å². The highest BCUT2D eigenvalue weighted by Gasteiger charge is 2.80. The first-order valence-electron chi connectivity index (χ1n) is 10.3. The molecule has 5 aliphatic rings. The van der Waals surface area contributed by atoms with Crippen molar-refractivity contribution in [3.63, 3.8) is 0 Å². The van der Waals surface area contributed by atoms with E-state index in [2.05, 4.69) is 13.8 Å². The number of rotatable bonds is 1. The number of carbonyl (C=O) groups is 2. The molecule has 3 saturated carbocycles. The molecule has 2 aliphatic heterocycles. The third-order valence-electron chi connectivity index (χ3n) is 8.97. The molecule has 2 bridgehead atoms. The number of carbonyl (C=O) groups excluding carboxylic acids is 2. The third-order valence-corrected chi connectivity index (χ3v) is 8.97. The van der Waals surface area contributed by atoms with Crippen molar-refractivity contribution in [2.24, 2.45) is 39.9 Å². The Labute approximate surface area is 159 Å². The minimum Gasteiger partial charge on any atom is -0.461 e. The molecule has 0 aromatic heterocycles. The van der Waals surface area contributed by atoms with Crippen LogP contribution in [0, 0.1) is 39.9 Å². The van der Waals surface area contributed by atoms with Gasteiger partial charge >= 0.3 is 5.97 Å². The maximum Gasteiger partial charge on any atom is 0.320 e. The average Bonchev–Trinajstić information content (AvgIpc) is 3.04. The van der Waals surface area contributed by atoms with E-state index in [0.29, 0.717) is 12.8 Å². The van der Waals surface area contributed by atoms with E-state index in [1.807, 2.05) is 6.92 Å². The largest absolute Gasteiger partial charge is 0.461 e. The molecule has 0 aromatic rings. The van der Waals surface area contributed by atoms with Gasteiger partial charge in [-0.05, 0) is 49.4 Å². The number of esters is 1. The van der Waals surface area contributed by atoms with Crippen molar-refractivity contribution in [2.45, 2.75) is 71.6 Å². The zero-order valence-electron chi connectivity index (χ0n) is 16.6. The molecule has 9 atom stereocenters. The lowest BCUT2D eigenvalue weighted by Crippen LogP contribution is -2.70. The van der Waals surface area contributed by atoms with E-state index in [4.69, 9.17) is 14.2 Å². The highest BCUT2D eigenvalue weighted by Crippen LogP contribution is 2.72. The second-order valence-corrected chi connectivity index (χ2v) is 10.2. The summed E-state index contributed by atoms with van der Waals surface area (Å²) >= 11 is 0.